The SMILES string of the molecule is Cc1cc(C(=O)N2CCCCCCCOC[C@@H](O)[C@@H](O)CC2)ccn1. The van der Waals surface area contributed by atoms with Crippen LogP contribution in [0, 0.1) is 6.92 Å². The van der Waals surface area contributed by atoms with Gasteiger partial charge in [-0.3, -0.25) is 9.78 Å². The van der Waals surface area contributed by atoms with Crippen LogP contribution in [0.25, 0.3) is 0 Å². The highest BCUT2D eigenvalue weighted by Crippen LogP contribution is 2.12. The molecule has 6 heteroatoms. The first-order valence-electron chi connectivity index (χ1n) is 9.23. The van der Waals surface area contributed by atoms with Gasteiger partial charge in [0.05, 0.1) is 12.7 Å². The van der Waals surface area contributed by atoms with Gasteiger partial charge in [0.2, 0.25) is 0 Å². The van der Waals surface area contributed by atoms with Gasteiger partial charge in [0.15, 0.2) is 0 Å². The summed E-state index contributed by atoms with van der Waals surface area (Å²) in [6.45, 7) is 3.70. The van der Waals surface area contributed by atoms with Crippen LogP contribution in [0.5, 0.6) is 0 Å². The van der Waals surface area contributed by atoms with E-state index in [1.165, 1.54) is 0 Å². The van der Waals surface area contributed by atoms with Crippen LogP contribution < -0.4 is 0 Å². The lowest BCUT2D eigenvalue weighted by Gasteiger charge is -2.26. The van der Waals surface area contributed by atoms with Crippen molar-refractivity contribution in [3.05, 3.63) is 29.6 Å². The van der Waals surface area contributed by atoms with Crippen LogP contribution in [-0.2, 0) is 4.74 Å². The minimum atomic E-state index is -0.914. The maximum absolute atomic E-state index is 12.8. The molecule has 1 fully saturated rings. The molecule has 0 bridgehead atoms. The van der Waals surface area contributed by atoms with Crippen molar-refractivity contribution in [2.45, 2.75) is 57.7 Å². The molecule has 1 aromatic rings. The third-order valence-electron chi connectivity index (χ3n) is 4.58. The predicted molar refractivity (Wildman–Crippen MR) is 95.4 cm³/mol. The summed E-state index contributed by atoms with van der Waals surface area (Å²) in [6.07, 6.45) is 5.34. The Morgan fingerprint density at radius 3 is 2.72 bits per heavy atom. The van der Waals surface area contributed by atoms with E-state index < -0.39 is 12.2 Å². The molecule has 25 heavy (non-hydrogen) atoms. The van der Waals surface area contributed by atoms with Crippen LogP contribution in [0.2, 0.25) is 0 Å². The predicted octanol–water partition coefficient (Wildman–Crippen LogP) is 1.92. The van der Waals surface area contributed by atoms with E-state index in [-0.39, 0.29) is 12.5 Å². The number of amides is 1. The second-order valence-corrected chi connectivity index (χ2v) is 6.74. The van der Waals surface area contributed by atoms with E-state index in [4.69, 9.17) is 4.74 Å². The summed E-state index contributed by atoms with van der Waals surface area (Å²) < 4.78 is 5.42. The molecule has 140 valence electrons. The maximum Gasteiger partial charge on any atom is 0.253 e. The minimum Gasteiger partial charge on any atom is -0.390 e. The van der Waals surface area contributed by atoms with Gasteiger partial charge >= 0.3 is 0 Å². The third kappa shape index (κ3) is 6.72. The van der Waals surface area contributed by atoms with Crippen LogP contribution in [0.4, 0.5) is 0 Å². The monoisotopic (exact) mass is 350 g/mol. The largest absolute Gasteiger partial charge is 0.390 e. The van der Waals surface area contributed by atoms with Crippen LogP contribution in [0.1, 0.15) is 54.6 Å². The van der Waals surface area contributed by atoms with Crippen molar-refractivity contribution in [3.8, 4) is 0 Å². The Kier molecular flexibility index (Phi) is 8.31. The number of pyridine rings is 1. The first-order chi connectivity index (χ1) is 12.1. The van der Waals surface area contributed by atoms with Gasteiger partial charge < -0.3 is 19.8 Å². The van der Waals surface area contributed by atoms with E-state index in [0.717, 1.165) is 37.8 Å². The topological polar surface area (TPSA) is 82.9 Å². The van der Waals surface area contributed by atoms with Gasteiger partial charge in [-0.25, -0.2) is 0 Å². The van der Waals surface area contributed by atoms with Crippen LogP contribution in [0.15, 0.2) is 18.3 Å². The lowest BCUT2D eigenvalue weighted by molar-refractivity contribution is -0.0434. The van der Waals surface area contributed by atoms with Crippen molar-refractivity contribution < 1.29 is 19.7 Å². The molecule has 2 rings (SSSR count). The summed E-state index contributed by atoms with van der Waals surface area (Å²) in [6, 6.07) is 3.51. The Hall–Kier alpha value is -1.50. The first kappa shape index (κ1) is 19.8. The Morgan fingerprint density at radius 1 is 1.16 bits per heavy atom. The lowest BCUT2D eigenvalue weighted by atomic mass is 10.1. The molecule has 1 saturated heterocycles. The van der Waals surface area contributed by atoms with Gasteiger partial charge in [-0.15, -0.1) is 0 Å². The average Bonchev–Trinajstić information content (AvgIpc) is 2.61. The number of rotatable bonds is 1. The zero-order valence-electron chi connectivity index (χ0n) is 15.1. The Bertz CT molecular complexity index is 538. The van der Waals surface area contributed by atoms with Gasteiger partial charge in [-0.1, -0.05) is 19.3 Å². The molecule has 0 saturated carbocycles. The number of aromatic nitrogens is 1. The quantitative estimate of drug-likeness (QED) is 0.809. The van der Waals surface area contributed by atoms with Crippen molar-refractivity contribution in [2.75, 3.05) is 26.3 Å². The summed E-state index contributed by atoms with van der Waals surface area (Å²) in [5.41, 5.74) is 1.42. The Labute approximate surface area is 149 Å². The second kappa shape index (κ2) is 10.5. The van der Waals surface area contributed by atoms with E-state index in [9.17, 15) is 15.0 Å². The Balaban J connectivity index is 2.03. The third-order valence-corrected chi connectivity index (χ3v) is 4.58. The molecule has 1 aromatic heterocycles. The summed E-state index contributed by atoms with van der Waals surface area (Å²) in [7, 11) is 0. The molecular weight excluding hydrogens is 320 g/mol. The molecule has 1 amide bonds. The van der Waals surface area contributed by atoms with E-state index in [0.29, 0.717) is 31.7 Å². The molecule has 2 heterocycles. The zero-order valence-corrected chi connectivity index (χ0v) is 15.1. The number of ether oxygens (including phenoxy) is 1. The van der Waals surface area contributed by atoms with Gasteiger partial charge in [0.1, 0.15) is 6.10 Å². The molecule has 0 spiro atoms. The van der Waals surface area contributed by atoms with E-state index in [2.05, 4.69) is 4.98 Å². The molecule has 1 aliphatic rings. The smallest absolute Gasteiger partial charge is 0.253 e. The second-order valence-electron chi connectivity index (χ2n) is 6.74. The van der Waals surface area contributed by atoms with Crippen molar-refractivity contribution >= 4 is 5.91 Å². The molecule has 6 nitrogen and oxygen atoms in total. The number of hydrogen-bond donors (Lipinski definition) is 2. The van der Waals surface area contributed by atoms with Gasteiger partial charge in [-0.2, -0.15) is 0 Å². The number of aryl methyl sites for hydroxylation is 1. The number of aliphatic hydroxyl groups excluding tert-OH is 2. The van der Waals surface area contributed by atoms with Crippen LogP contribution in [-0.4, -0.2) is 64.5 Å². The number of hydrogen-bond acceptors (Lipinski definition) is 5. The molecule has 0 aliphatic carbocycles. The summed E-state index contributed by atoms with van der Waals surface area (Å²) >= 11 is 0. The molecule has 0 radical (unpaired) electrons. The highest BCUT2D eigenvalue weighted by atomic mass is 16.5. The number of aliphatic hydroxyl groups is 2. The van der Waals surface area contributed by atoms with E-state index >= 15 is 0 Å². The van der Waals surface area contributed by atoms with Gasteiger partial charge in [0.25, 0.3) is 5.91 Å². The summed E-state index contributed by atoms with van der Waals surface area (Å²) in [5.74, 6) is -0.0458. The minimum absolute atomic E-state index is 0.0458. The number of nitrogens with zero attached hydrogens (tertiary/aromatic N) is 2. The normalized spacial score (nSPS) is 24.5. The van der Waals surface area contributed by atoms with Crippen molar-refractivity contribution in [2.24, 2.45) is 0 Å². The summed E-state index contributed by atoms with van der Waals surface area (Å²) in [5, 5.41) is 20.1. The molecule has 2 atom stereocenters. The van der Waals surface area contributed by atoms with Gasteiger partial charge in [0, 0.05) is 37.2 Å². The van der Waals surface area contributed by atoms with Crippen molar-refractivity contribution in [3.63, 3.8) is 0 Å². The van der Waals surface area contributed by atoms with E-state index in [1.54, 1.807) is 23.2 Å². The molecule has 0 unspecified atom stereocenters. The number of carbonyl (C=O) groups excluding carboxylic acids is 1. The molecule has 2 N–H and O–H groups in total. The summed E-state index contributed by atoms with van der Waals surface area (Å²) in [4.78, 5) is 18.7. The van der Waals surface area contributed by atoms with Crippen LogP contribution >= 0.6 is 0 Å². The molecule has 1 aliphatic heterocycles. The molecule has 0 aromatic carbocycles. The highest BCUT2D eigenvalue weighted by Gasteiger charge is 2.21. The standard InChI is InChI=1S/C19H30N2O4/c1-15-13-16(7-9-20-15)19(24)21-10-5-3-2-4-6-12-25-14-18(23)17(22)8-11-21/h7,9,13,17-18,22-23H,2-6,8,10-12,14H2,1H3/t17-,18+/m0/s1. The zero-order chi connectivity index (χ0) is 18.1. The van der Waals surface area contributed by atoms with Crippen molar-refractivity contribution in [1.82, 2.24) is 9.88 Å². The lowest BCUT2D eigenvalue weighted by Crippen LogP contribution is -2.38. The van der Waals surface area contributed by atoms with Crippen LogP contribution in [0.3, 0.4) is 0 Å². The highest BCUT2D eigenvalue weighted by molar-refractivity contribution is 5.94. The Morgan fingerprint density at radius 2 is 1.92 bits per heavy atom. The number of carbonyl (C=O) groups is 1. The van der Waals surface area contributed by atoms with E-state index in [1.807, 2.05) is 6.92 Å². The van der Waals surface area contributed by atoms with Gasteiger partial charge in [-0.05, 0) is 38.3 Å². The maximum atomic E-state index is 12.8. The first-order valence-corrected chi connectivity index (χ1v) is 9.23. The fraction of sp³-hybridized carbons (Fsp3) is 0.684. The van der Waals surface area contributed by atoms with Crippen molar-refractivity contribution in [1.29, 1.82) is 0 Å². The molecular formula is C19H30N2O4. The fourth-order valence-electron chi connectivity index (χ4n) is 3.01. The average molecular weight is 350 g/mol. The fourth-order valence-corrected chi connectivity index (χ4v) is 3.01.